The number of piperidine rings is 1. The van der Waals surface area contributed by atoms with Crippen LogP contribution in [0.15, 0.2) is 18.2 Å². The molecule has 2 N–H and O–H groups in total. The van der Waals surface area contributed by atoms with Gasteiger partial charge in [-0.15, -0.1) is 12.4 Å². The topological polar surface area (TPSA) is 55.6 Å². The predicted octanol–water partition coefficient (Wildman–Crippen LogP) is 2.69. The number of nitrogens with two attached hydrogens (primary N) is 1. The molecule has 1 saturated heterocycles. The van der Waals surface area contributed by atoms with Gasteiger partial charge >= 0.3 is 0 Å². The fraction of sp³-hybridized carbons (Fsp3) is 0.588. The number of hydrogen-bond acceptors (Lipinski definition) is 3. The summed E-state index contributed by atoms with van der Waals surface area (Å²) >= 11 is 0. The van der Waals surface area contributed by atoms with Gasteiger partial charge in [0.15, 0.2) is 0 Å². The molecule has 22 heavy (non-hydrogen) atoms. The van der Waals surface area contributed by atoms with Crippen LogP contribution in [0, 0.1) is 19.8 Å². The molecule has 0 spiro atoms. The van der Waals surface area contributed by atoms with E-state index in [0.29, 0.717) is 6.54 Å². The Kier molecular flexibility index (Phi) is 7.17. The molecule has 1 aliphatic heterocycles. The molecule has 1 fully saturated rings. The number of aryl methyl sites for hydroxylation is 2. The van der Waals surface area contributed by atoms with Gasteiger partial charge in [-0.1, -0.05) is 13.0 Å². The van der Waals surface area contributed by atoms with E-state index in [4.69, 9.17) is 10.5 Å². The lowest BCUT2D eigenvalue weighted by Crippen LogP contribution is -2.45. The molecule has 0 aliphatic carbocycles. The average molecular weight is 327 g/mol. The van der Waals surface area contributed by atoms with Crippen molar-refractivity contribution in [3.63, 3.8) is 0 Å². The summed E-state index contributed by atoms with van der Waals surface area (Å²) in [6.45, 7) is 8.02. The minimum Gasteiger partial charge on any atom is -0.490 e. The van der Waals surface area contributed by atoms with Crippen molar-refractivity contribution in [2.45, 2.75) is 39.7 Å². The average Bonchev–Trinajstić information content (AvgIpc) is 2.50. The van der Waals surface area contributed by atoms with Gasteiger partial charge in [-0.05, 0) is 37.1 Å². The smallest absolute Gasteiger partial charge is 0.226 e. The molecule has 5 heteroatoms. The molecule has 4 nitrogen and oxygen atoms in total. The summed E-state index contributed by atoms with van der Waals surface area (Å²) in [6.07, 6.45) is 1.97. The largest absolute Gasteiger partial charge is 0.490 e. The van der Waals surface area contributed by atoms with Crippen LogP contribution in [0.3, 0.4) is 0 Å². The number of halogens is 1. The fourth-order valence-electron chi connectivity index (χ4n) is 2.59. The van der Waals surface area contributed by atoms with Crippen molar-refractivity contribution in [2.75, 3.05) is 19.6 Å². The second kappa shape index (κ2) is 8.39. The molecule has 0 aromatic heterocycles. The summed E-state index contributed by atoms with van der Waals surface area (Å²) in [7, 11) is 0. The van der Waals surface area contributed by atoms with E-state index in [2.05, 4.69) is 26.0 Å². The number of amides is 1. The number of rotatable bonds is 4. The van der Waals surface area contributed by atoms with Crippen LogP contribution in [0.25, 0.3) is 0 Å². The molecule has 0 bridgehead atoms. The summed E-state index contributed by atoms with van der Waals surface area (Å²) in [5, 5.41) is 0. The van der Waals surface area contributed by atoms with Crippen molar-refractivity contribution in [1.82, 2.24) is 4.90 Å². The van der Waals surface area contributed by atoms with Crippen LogP contribution < -0.4 is 10.5 Å². The highest BCUT2D eigenvalue weighted by Crippen LogP contribution is 2.22. The Morgan fingerprint density at radius 2 is 1.95 bits per heavy atom. The molecule has 1 unspecified atom stereocenters. The summed E-state index contributed by atoms with van der Waals surface area (Å²) in [6, 6.07) is 6.20. The van der Waals surface area contributed by atoms with Crippen LogP contribution >= 0.6 is 12.4 Å². The second-order valence-corrected chi connectivity index (χ2v) is 6.03. The third-order valence-electron chi connectivity index (χ3n) is 4.31. The minimum absolute atomic E-state index is 0. The lowest BCUT2D eigenvalue weighted by molar-refractivity contribution is -0.136. The lowest BCUT2D eigenvalue weighted by Gasteiger charge is -2.33. The number of carbonyl (C=O) groups is 1. The first-order valence-electron chi connectivity index (χ1n) is 7.74. The predicted molar refractivity (Wildman–Crippen MR) is 91.6 cm³/mol. The van der Waals surface area contributed by atoms with E-state index in [1.165, 1.54) is 11.1 Å². The number of ether oxygens (including phenoxy) is 1. The van der Waals surface area contributed by atoms with Crippen LogP contribution in [0.2, 0.25) is 0 Å². The van der Waals surface area contributed by atoms with Gasteiger partial charge in [0.25, 0.3) is 0 Å². The maximum absolute atomic E-state index is 12.1. The zero-order valence-corrected chi connectivity index (χ0v) is 14.5. The van der Waals surface area contributed by atoms with Crippen molar-refractivity contribution in [3.8, 4) is 5.75 Å². The molecule has 1 heterocycles. The second-order valence-electron chi connectivity index (χ2n) is 6.03. The SMILES string of the molecule is Cc1ccc(OC2CCN(C(=O)C(C)CN)CC2)cc1C.Cl. The molecular weight excluding hydrogens is 300 g/mol. The highest BCUT2D eigenvalue weighted by atomic mass is 35.5. The third-order valence-corrected chi connectivity index (χ3v) is 4.31. The van der Waals surface area contributed by atoms with Gasteiger partial charge in [-0.25, -0.2) is 0 Å². The summed E-state index contributed by atoms with van der Waals surface area (Å²) in [5.41, 5.74) is 8.09. The molecule has 1 atom stereocenters. The maximum Gasteiger partial charge on any atom is 0.226 e. The summed E-state index contributed by atoms with van der Waals surface area (Å²) < 4.78 is 6.04. The Hall–Kier alpha value is -1.26. The van der Waals surface area contributed by atoms with Crippen molar-refractivity contribution in [3.05, 3.63) is 29.3 Å². The van der Waals surface area contributed by atoms with Crippen molar-refractivity contribution in [2.24, 2.45) is 11.7 Å². The third kappa shape index (κ3) is 4.62. The van der Waals surface area contributed by atoms with E-state index in [9.17, 15) is 4.79 Å². The molecule has 1 aromatic carbocycles. The monoisotopic (exact) mass is 326 g/mol. The first kappa shape index (κ1) is 18.8. The molecule has 124 valence electrons. The van der Waals surface area contributed by atoms with Crippen LogP contribution in [0.5, 0.6) is 5.75 Å². The number of carbonyl (C=O) groups excluding carboxylic acids is 1. The van der Waals surface area contributed by atoms with Gasteiger partial charge in [-0.3, -0.25) is 4.79 Å². The lowest BCUT2D eigenvalue weighted by atomic mass is 10.0. The number of likely N-dealkylation sites (tertiary alicyclic amines) is 1. The zero-order chi connectivity index (χ0) is 15.4. The summed E-state index contributed by atoms with van der Waals surface area (Å²) in [4.78, 5) is 14.0. The van der Waals surface area contributed by atoms with Crippen LogP contribution in [-0.4, -0.2) is 36.5 Å². The van der Waals surface area contributed by atoms with Crippen molar-refractivity contribution >= 4 is 18.3 Å². The zero-order valence-electron chi connectivity index (χ0n) is 13.7. The van der Waals surface area contributed by atoms with Gasteiger partial charge in [0.1, 0.15) is 11.9 Å². The van der Waals surface area contributed by atoms with E-state index in [1.54, 1.807) is 0 Å². The first-order chi connectivity index (χ1) is 10.0. The van der Waals surface area contributed by atoms with Gasteiger partial charge in [0.2, 0.25) is 5.91 Å². The molecular formula is C17H27ClN2O2. The van der Waals surface area contributed by atoms with Gasteiger partial charge < -0.3 is 15.4 Å². The van der Waals surface area contributed by atoms with Gasteiger partial charge in [0.05, 0.1) is 0 Å². The minimum atomic E-state index is -0.0813. The Balaban J connectivity index is 0.00000242. The Labute approximate surface area is 139 Å². The van der Waals surface area contributed by atoms with E-state index >= 15 is 0 Å². The van der Waals surface area contributed by atoms with E-state index in [0.717, 1.165) is 31.7 Å². The van der Waals surface area contributed by atoms with E-state index in [-0.39, 0.29) is 30.3 Å². The number of benzene rings is 1. The van der Waals surface area contributed by atoms with E-state index in [1.807, 2.05) is 17.9 Å². The van der Waals surface area contributed by atoms with Crippen LogP contribution in [0.1, 0.15) is 30.9 Å². The highest BCUT2D eigenvalue weighted by molar-refractivity contribution is 5.85. The quantitative estimate of drug-likeness (QED) is 0.925. The maximum atomic E-state index is 12.1. The number of hydrogen-bond donors (Lipinski definition) is 1. The van der Waals surface area contributed by atoms with Crippen LogP contribution in [0.4, 0.5) is 0 Å². The normalized spacial score (nSPS) is 16.8. The van der Waals surface area contributed by atoms with Crippen molar-refractivity contribution in [1.29, 1.82) is 0 Å². The molecule has 0 radical (unpaired) electrons. The molecule has 2 rings (SSSR count). The van der Waals surface area contributed by atoms with Crippen LogP contribution in [-0.2, 0) is 4.79 Å². The number of nitrogens with zero attached hydrogens (tertiary/aromatic N) is 1. The first-order valence-corrected chi connectivity index (χ1v) is 7.74. The molecule has 1 aromatic rings. The Morgan fingerprint density at radius 3 is 2.50 bits per heavy atom. The molecule has 1 aliphatic rings. The van der Waals surface area contributed by atoms with Crippen molar-refractivity contribution < 1.29 is 9.53 Å². The van der Waals surface area contributed by atoms with Gasteiger partial charge in [0, 0.05) is 38.4 Å². The Morgan fingerprint density at radius 1 is 1.32 bits per heavy atom. The molecule has 0 saturated carbocycles. The summed E-state index contributed by atoms with van der Waals surface area (Å²) in [5.74, 6) is 1.02. The van der Waals surface area contributed by atoms with Gasteiger partial charge in [-0.2, -0.15) is 0 Å². The van der Waals surface area contributed by atoms with E-state index < -0.39 is 0 Å². The highest BCUT2D eigenvalue weighted by Gasteiger charge is 2.26. The standard InChI is InChI=1S/C17H26N2O2.ClH/c1-12-4-5-16(10-13(12)2)21-15-6-8-19(9-7-15)17(20)14(3)11-18;/h4-5,10,14-15H,6-9,11,18H2,1-3H3;1H. The Bertz CT molecular complexity index is 499. The molecule has 1 amide bonds. The fourth-order valence-corrected chi connectivity index (χ4v) is 2.59.